The molecule has 1 amide bonds. The highest BCUT2D eigenvalue weighted by Crippen LogP contribution is 2.39. The lowest BCUT2D eigenvalue weighted by Gasteiger charge is -2.25. The van der Waals surface area contributed by atoms with Crippen LogP contribution in [-0.4, -0.2) is 46.8 Å². The lowest BCUT2D eigenvalue weighted by Crippen LogP contribution is -2.49. The number of aromatic nitrogens is 1. The number of aryl methyl sites for hydroxylation is 1. The average molecular weight is 461 g/mol. The van der Waals surface area contributed by atoms with Gasteiger partial charge in [-0.2, -0.15) is 0 Å². The first-order valence-electron chi connectivity index (χ1n) is 10.3. The number of hydrogen-bond donors (Lipinski definition) is 3. The molecule has 1 aromatic carbocycles. The van der Waals surface area contributed by atoms with Crippen LogP contribution in [0.4, 0.5) is 0 Å². The molecule has 3 N–H and O–H groups in total. The number of hydrogen-bond acceptors (Lipinski definition) is 6. The van der Waals surface area contributed by atoms with E-state index in [0.717, 1.165) is 29.4 Å². The Kier molecular flexibility index (Phi) is 7.02. The topological polar surface area (TPSA) is 126 Å². The number of allylic oxidation sites excluding steroid dienone is 1. The molecule has 0 radical (unpaired) electrons. The Bertz CT molecular complexity index is 1170. The van der Waals surface area contributed by atoms with Crippen LogP contribution in [0.25, 0.3) is 17.2 Å². The summed E-state index contributed by atoms with van der Waals surface area (Å²) in [6, 6.07) is 11.0. The van der Waals surface area contributed by atoms with Gasteiger partial charge in [-0.15, -0.1) is 0 Å². The van der Waals surface area contributed by atoms with E-state index in [-0.39, 0.29) is 25.1 Å². The highest BCUT2D eigenvalue weighted by atomic mass is 32.2. The first-order valence-corrected chi connectivity index (χ1v) is 12.2. The molecule has 32 heavy (non-hydrogen) atoms. The van der Waals surface area contributed by atoms with Crippen LogP contribution in [-0.2, 0) is 21.2 Å². The summed E-state index contributed by atoms with van der Waals surface area (Å²) < 4.78 is 23.6. The molecule has 0 saturated heterocycles. The van der Waals surface area contributed by atoms with Gasteiger partial charge in [-0.05, 0) is 54.4 Å². The summed E-state index contributed by atoms with van der Waals surface area (Å²) in [5.41, 5.74) is 3.70. The van der Waals surface area contributed by atoms with Gasteiger partial charge in [0.1, 0.15) is 0 Å². The van der Waals surface area contributed by atoms with E-state index in [1.165, 1.54) is 23.0 Å². The van der Waals surface area contributed by atoms with Crippen LogP contribution in [0.15, 0.2) is 53.5 Å². The van der Waals surface area contributed by atoms with E-state index in [1.807, 2.05) is 30.3 Å². The number of benzene rings is 1. The maximum absolute atomic E-state index is 12.6. The van der Waals surface area contributed by atoms with E-state index >= 15 is 0 Å². The molecule has 0 bridgehead atoms. The quantitative estimate of drug-likeness (QED) is 0.387. The van der Waals surface area contributed by atoms with Gasteiger partial charge >= 0.3 is 0 Å². The fourth-order valence-corrected chi connectivity index (χ4v) is 4.37. The van der Waals surface area contributed by atoms with Crippen molar-refractivity contribution in [2.75, 3.05) is 12.9 Å². The number of sulfone groups is 1. The Labute approximate surface area is 187 Å². The minimum atomic E-state index is -3.83. The molecule has 1 fully saturated rings. The fourth-order valence-electron chi connectivity index (χ4n) is 3.53. The van der Waals surface area contributed by atoms with E-state index in [9.17, 15) is 18.0 Å². The zero-order chi connectivity index (χ0) is 23.5. The lowest BCUT2D eigenvalue weighted by molar-refractivity contribution is -0.131. The Morgan fingerprint density at radius 3 is 2.47 bits per heavy atom. The largest absolute Gasteiger partial charge is 0.396 e. The summed E-state index contributed by atoms with van der Waals surface area (Å²) in [6.07, 6.45) is 7.48. The second-order valence-electron chi connectivity index (χ2n) is 8.46. The number of pyridine rings is 1. The van der Waals surface area contributed by atoms with Crippen molar-refractivity contribution >= 4 is 21.8 Å². The number of hydroxylamine groups is 1. The zero-order valence-corrected chi connectivity index (χ0v) is 18.9. The maximum Gasteiger partial charge on any atom is 0.264 e. The smallest absolute Gasteiger partial charge is 0.264 e. The third-order valence-electron chi connectivity index (χ3n) is 6.22. The third kappa shape index (κ3) is 5.17. The summed E-state index contributed by atoms with van der Waals surface area (Å²) in [5.74, 6) is -0.210. The minimum absolute atomic E-state index is 0.00413. The van der Waals surface area contributed by atoms with E-state index in [2.05, 4.69) is 6.08 Å². The number of aliphatic hydroxyl groups is 1. The number of carbonyl (C=O) groups is 1. The summed E-state index contributed by atoms with van der Waals surface area (Å²) in [5, 5.41) is 18.0. The van der Waals surface area contributed by atoms with Gasteiger partial charge in [0.05, 0.1) is 0 Å². The molecule has 1 aromatic heterocycles. The number of aliphatic hydroxyl groups excluding tert-OH is 1. The monoisotopic (exact) mass is 460 g/mol. The number of rotatable bonds is 9. The maximum atomic E-state index is 12.6. The number of amides is 1. The Morgan fingerprint density at radius 2 is 1.94 bits per heavy atom. The number of carbonyl (C=O) groups excluding carboxylic acids is 1. The predicted molar refractivity (Wildman–Crippen MR) is 122 cm³/mol. The molecule has 3 atom stereocenters. The van der Waals surface area contributed by atoms with Crippen molar-refractivity contribution < 1.29 is 23.5 Å². The van der Waals surface area contributed by atoms with Crippen molar-refractivity contribution in [3.05, 3.63) is 64.6 Å². The van der Waals surface area contributed by atoms with Gasteiger partial charge in [0, 0.05) is 31.7 Å². The van der Waals surface area contributed by atoms with Crippen molar-refractivity contribution in [2.24, 2.45) is 11.8 Å². The second kappa shape index (κ2) is 9.40. The first-order chi connectivity index (χ1) is 15.1. The number of nitrogens with zero attached hydrogens (tertiary/aromatic N) is 1. The molecule has 8 nitrogen and oxygen atoms in total. The molecule has 9 heteroatoms. The SMILES string of the molecule is CC(CCn1ccc(-c2ccc(C=C[C@@H]3C[C@@H]3CO)cc2)cc1=O)(C(=O)NO)S(C)(=O)=O. The Morgan fingerprint density at radius 1 is 1.25 bits per heavy atom. The molecular formula is C23H28N2O6S. The fraction of sp³-hybridized carbons (Fsp3) is 0.391. The van der Waals surface area contributed by atoms with Crippen molar-refractivity contribution in [3.63, 3.8) is 0 Å². The highest BCUT2D eigenvalue weighted by molar-refractivity contribution is 7.92. The van der Waals surface area contributed by atoms with Gasteiger partial charge in [-0.3, -0.25) is 14.8 Å². The van der Waals surface area contributed by atoms with E-state index in [4.69, 9.17) is 10.3 Å². The van der Waals surface area contributed by atoms with Crippen molar-refractivity contribution in [2.45, 2.75) is 31.1 Å². The molecule has 1 saturated carbocycles. The van der Waals surface area contributed by atoms with Crippen LogP contribution in [0.3, 0.4) is 0 Å². The molecule has 172 valence electrons. The Balaban J connectivity index is 1.71. The summed E-state index contributed by atoms with van der Waals surface area (Å²) in [6.45, 7) is 1.44. The van der Waals surface area contributed by atoms with Gasteiger partial charge in [0.25, 0.3) is 11.5 Å². The van der Waals surface area contributed by atoms with Crippen molar-refractivity contribution in [1.29, 1.82) is 0 Å². The van der Waals surface area contributed by atoms with Gasteiger partial charge < -0.3 is 9.67 Å². The van der Waals surface area contributed by atoms with Gasteiger partial charge in [-0.1, -0.05) is 36.4 Å². The van der Waals surface area contributed by atoms with Crippen LogP contribution < -0.4 is 11.0 Å². The molecule has 1 heterocycles. The molecule has 1 aliphatic rings. The predicted octanol–water partition coefficient (Wildman–Crippen LogP) is 1.86. The third-order valence-corrected chi connectivity index (χ3v) is 8.24. The van der Waals surface area contributed by atoms with Gasteiger partial charge in [0.2, 0.25) is 0 Å². The molecule has 1 aliphatic carbocycles. The summed E-state index contributed by atoms with van der Waals surface area (Å²) in [4.78, 5) is 24.5. The lowest BCUT2D eigenvalue weighted by atomic mass is 10.0. The van der Waals surface area contributed by atoms with Crippen LogP contribution in [0.2, 0.25) is 0 Å². The van der Waals surface area contributed by atoms with E-state index in [1.54, 1.807) is 12.3 Å². The first kappa shape index (κ1) is 23.9. The number of nitrogens with one attached hydrogen (secondary N) is 1. The van der Waals surface area contributed by atoms with Crippen molar-refractivity contribution in [1.82, 2.24) is 10.0 Å². The molecule has 0 aliphatic heterocycles. The van der Waals surface area contributed by atoms with Gasteiger partial charge in [0.15, 0.2) is 14.6 Å². The molecule has 1 unspecified atom stereocenters. The Hall–Kier alpha value is -2.75. The van der Waals surface area contributed by atoms with E-state index in [0.29, 0.717) is 11.8 Å². The van der Waals surface area contributed by atoms with Crippen LogP contribution >= 0.6 is 0 Å². The molecular weight excluding hydrogens is 432 g/mol. The second-order valence-corrected chi connectivity index (χ2v) is 10.9. The normalized spacial score (nSPS) is 20.1. The van der Waals surface area contributed by atoms with Crippen LogP contribution in [0, 0.1) is 11.8 Å². The highest BCUT2D eigenvalue weighted by Gasteiger charge is 2.43. The average Bonchev–Trinajstić information content (AvgIpc) is 3.54. The van der Waals surface area contributed by atoms with Crippen molar-refractivity contribution in [3.8, 4) is 11.1 Å². The van der Waals surface area contributed by atoms with Crippen LogP contribution in [0.1, 0.15) is 25.3 Å². The van der Waals surface area contributed by atoms with E-state index < -0.39 is 20.5 Å². The zero-order valence-electron chi connectivity index (χ0n) is 18.1. The minimum Gasteiger partial charge on any atom is -0.396 e. The molecule has 2 aromatic rings. The summed E-state index contributed by atoms with van der Waals surface area (Å²) in [7, 11) is -3.83. The summed E-state index contributed by atoms with van der Waals surface area (Å²) >= 11 is 0. The standard InChI is InChI=1S/C23H28N2O6S/c1-23(22(28)24-29,32(2,30)31)10-12-25-11-9-19(14-21(25)27)17-6-3-16(4-7-17)5-8-18-13-20(18)15-26/h3-9,11,14,18,20,26,29H,10,12-13,15H2,1-2H3,(H,24,28)/t18-,20-,23?/m1/s1. The molecule has 3 rings (SSSR count). The molecule has 0 spiro atoms. The van der Waals surface area contributed by atoms with Gasteiger partial charge in [-0.25, -0.2) is 13.9 Å². The van der Waals surface area contributed by atoms with Crippen LogP contribution in [0.5, 0.6) is 0 Å².